The molecule has 0 aliphatic heterocycles. The van der Waals surface area contributed by atoms with Crippen molar-refractivity contribution < 1.29 is 5.41 Å². The van der Waals surface area contributed by atoms with E-state index in [9.17, 15) is 0 Å². The zero-order valence-corrected chi connectivity index (χ0v) is 5.07. The fourth-order valence-electron chi connectivity index (χ4n) is 0.472. The lowest BCUT2D eigenvalue weighted by molar-refractivity contribution is -0.114. The number of nitrogens with zero attached hydrogens (tertiary/aromatic N) is 3. The van der Waals surface area contributed by atoms with Gasteiger partial charge in [0, 0.05) is 7.05 Å². The minimum absolute atomic E-state index is 0.149. The second-order valence-electron chi connectivity index (χ2n) is 1.70. The Morgan fingerprint density at radius 3 is 2.78 bits per heavy atom. The summed E-state index contributed by atoms with van der Waals surface area (Å²) in [5.41, 5.74) is 5.18. The van der Waals surface area contributed by atoms with Crippen molar-refractivity contribution in [1.82, 2.24) is 14.8 Å². The van der Waals surface area contributed by atoms with Crippen molar-refractivity contribution in [2.45, 2.75) is 0 Å². The summed E-state index contributed by atoms with van der Waals surface area (Å²) in [5.74, 6) is 0.535. The molecular weight excluding hydrogens is 118 g/mol. The Kier molecular flexibility index (Phi) is 1.18. The number of aryl methyl sites for hydroxylation is 1. The van der Waals surface area contributed by atoms with E-state index in [4.69, 9.17) is 11.1 Å². The highest BCUT2D eigenvalue weighted by molar-refractivity contribution is 5.88. The Hall–Kier alpha value is -1.39. The fraction of sp³-hybridized carbons (Fsp3) is 0.250. The average Bonchev–Trinajstić information content (AvgIpc) is 2.14. The molecule has 9 heavy (non-hydrogen) atoms. The van der Waals surface area contributed by atoms with E-state index in [0.717, 1.165) is 0 Å². The van der Waals surface area contributed by atoms with Gasteiger partial charge in [-0.05, 0) is 0 Å². The van der Waals surface area contributed by atoms with Crippen molar-refractivity contribution in [3.05, 3.63) is 12.2 Å². The summed E-state index contributed by atoms with van der Waals surface area (Å²) in [6, 6.07) is 0. The molecule has 5 nitrogen and oxygen atoms in total. The molecule has 0 radical (unpaired) electrons. The lowest BCUT2D eigenvalue weighted by Gasteiger charge is -1.79. The van der Waals surface area contributed by atoms with E-state index < -0.39 is 0 Å². The first kappa shape index (κ1) is 5.74. The molecule has 0 amide bonds. The summed E-state index contributed by atoms with van der Waals surface area (Å²) < 4.78 is 1.54. The molecule has 0 aliphatic rings. The van der Waals surface area contributed by atoms with E-state index >= 15 is 0 Å². The van der Waals surface area contributed by atoms with Gasteiger partial charge in [-0.25, -0.2) is 4.98 Å². The predicted octanol–water partition coefficient (Wildman–Crippen LogP) is -2.72. The maximum Gasteiger partial charge on any atom is 0.311 e. The molecule has 0 fully saturated rings. The van der Waals surface area contributed by atoms with Gasteiger partial charge in [0.2, 0.25) is 0 Å². The van der Waals surface area contributed by atoms with E-state index in [2.05, 4.69) is 10.1 Å². The molecule has 48 valence electrons. The summed E-state index contributed by atoms with van der Waals surface area (Å²) in [6.07, 6.45) is 1.54. The highest BCUT2D eigenvalue weighted by Gasteiger charge is 2.04. The number of amidine groups is 1. The van der Waals surface area contributed by atoms with Crippen LogP contribution in [0.3, 0.4) is 0 Å². The van der Waals surface area contributed by atoms with E-state index in [-0.39, 0.29) is 5.84 Å². The van der Waals surface area contributed by atoms with Crippen LogP contribution in [-0.2, 0) is 7.05 Å². The van der Waals surface area contributed by atoms with Gasteiger partial charge in [0.05, 0.1) is 0 Å². The van der Waals surface area contributed by atoms with Crippen LogP contribution < -0.4 is 11.1 Å². The Balaban J connectivity index is 2.98. The molecule has 0 atom stereocenters. The Morgan fingerprint density at radius 1 is 1.89 bits per heavy atom. The molecule has 4 N–H and O–H groups in total. The Bertz CT molecular complexity index is 225. The molecule has 0 aliphatic carbocycles. The van der Waals surface area contributed by atoms with Gasteiger partial charge in [-0.2, -0.15) is 0 Å². The molecule has 0 unspecified atom stereocenters. The van der Waals surface area contributed by atoms with Crippen LogP contribution >= 0.6 is 0 Å². The van der Waals surface area contributed by atoms with Gasteiger partial charge in [-0.15, -0.1) is 5.10 Å². The molecule has 0 bridgehead atoms. The highest BCUT2D eigenvalue weighted by atomic mass is 15.3. The number of rotatable bonds is 1. The maximum atomic E-state index is 5.18. The molecule has 1 aromatic rings. The van der Waals surface area contributed by atoms with E-state index in [0.29, 0.717) is 5.82 Å². The van der Waals surface area contributed by atoms with Crippen LogP contribution in [0.25, 0.3) is 0 Å². The topological polar surface area (TPSA) is 82.3 Å². The zero-order chi connectivity index (χ0) is 6.85. The lowest BCUT2D eigenvalue weighted by Crippen LogP contribution is -2.46. The third-order valence-electron chi connectivity index (χ3n) is 0.858. The molecule has 0 spiro atoms. The van der Waals surface area contributed by atoms with Crippen LogP contribution in [0.2, 0.25) is 0 Å². The molecule has 0 aromatic carbocycles. The monoisotopic (exact) mass is 126 g/mol. The van der Waals surface area contributed by atoms with Crippen molar-refractivity contribution in [3.8, 4) is 0 Å². The predicted molar refractivity (Wildman–Crippen MR) is 31.2 cm³/mol. The van der Waals surface area contributed by atoms with Crippen LogP contribution in [0.15, 0.2) is 6.33 Å². The second-order valence-corrected chi connectivity index (χ2v) is 1.70. The van der Waals surface area contributed by atoms with Crippen molar-refractivity contribution in [1.29, 1.82) is 0 Å². The van der Waals surface area contributed by atoms with Gasteiger partial charge in [0.25, 0.3) is 5.82 Å². The number of hydrogen-bond donors (Lipinski definition) is 2. The van der Waals surface area contributed by atoms with E-state index in [1.807, 2.05) is 0 Å². The van der Waals surface area contributed by atoms with Gasteiger partial charge in [-0.1, -0.05) is 0 Å². The largest absolute Gasteiger partial charge is 0.311 e. The van der Waals surface area contributed by atoms with Crippen molar-refractivity contribution in [2.24, 2.45) is 12.8 Å². The first-order valence-electron chi connectivity index (χ1n) is 2.44. The summed E-state index contributed by atoms with van der Waals surface area (Å²) in [6.45, 7) is 0. The number of aromatic nitrogens is 3. The SMILES string of the molecule is Cn1cnc(C(N)=[NH2+])n1. The van der Waals surface area contributed by atoms with Crippen LogP contribution in [0.1, 0.15) is 5.82 Å². The molecular formula is C4H8N5+. The van der Waals surface area contributed by atoms with Crippen molar-refractivity contribution in [2.75, 3.05) is 0 Å². The third kappa shape index (κ3) is 1.04. The quantitative estimate of drug-likeness (QED) is 0.317. The summed E-state index contributed by atoms with van der Waals surface area (Å²) >= 11 is 0. The first-order valence-corrected chi connectivity index (χ1v) is 2.44. The van der Waals surface area contributed by atoms with Gasteiger partial charge >= 0.3 is 5.84 Å². The smallest absolute Gasteiger partial charge is 0.284 e. The maximum absolute atomic E-state index is 5.18. The van der Waals surface area contributed by atoms with Gasteiger partial charge in [-0.3, -0.25) is 15.8 Å². The zero-order valence-electron chi connectivity index (χ0n) is 5.07. The van der Waals surface area contributed by atoms with Crippen molar-refractivity contribution in [3.63, 3.8) is 0 Å². The van der Waals surface area contributed by atoms with Gasteiger partial charge in [0.15, 0.2) is 0 Å². The van der Waals surface area contributed by atoms with Crippen LogP contribution in [0, 0.1) is 0 Å². The summed E-state index contributed by atoms with van der Waals surface area (Å²) in [5, 5.41) is 9.01. The second kappa shape index (κ2) is 1.85. The van der Waals surface area contributed by atoms with E-state index in [1.165, 1.54) is 11.0 Å². The fourth-order valence-corrected chi connectivity index (χ4v) is 0.472. The number of hydrogen-bond acceptors (Lipinski definition) is 2. The van der Waals surface area contributed by atoms with Crippen LogP contribution in [0.4, 0.5) is 0 Å². The summed E-state index contributed by atoms with van der Waals surface area (Å²) in [4.78, 5) is 3.78. The Labute approximate surface area is 52.0 Å². The van der Waals surface area contributed by atoms with Crippen LogP contribution in [-0.4, -0.2) is 20.6 Å². The normalized spacial score (nSPS) is 9.44. The van der Waals surface area contributed by atoms with Crippen molar-refractivity contribution >= 4 is 5.84 Å². The van der Waals surface area contributed by atoms with Gasteiger partial charge in [0.1, 0.15) is 6.33 Å². The number of nitrogens with two attached hydrogens (primary N) is 2. The standard InChI is InChI=1S/C4H7N5/c1-9-2-7-4(8-9)3(5)6/h2H,1H3,(H3,5,6)/p+1. The molecule has 0 saturated heterocycles. The van der Waals surface area contributed by atoms with Crippen LogP contribution in [0.5, 0.6) is 0 Å². The minimum atomic E-state index is 0.149. The molecule has 5 heteroatoms. The van der Waals surface area contributed by atoms with E-state index in [1.54, 1.807) is 7.05 Å². The molecule has 1 heterocycles. The molecule has 0 saturated carbocycles. The first-order chi connectivity index (χ1) is 4.20. The lowest BCUT2D eigenvalue weighted by atomic mass is 10.6. The highest BCUT2D eigenvalue weighted by Crippen LogP contribution is 1.80. The minimum Gasteiger partial charge on any atom is -0.284 e. The summed E-state index contributed by atoms with van der Waals surface area (Å²) in [7, 11) is 1.75. The molecule has 1 aromatic heterocycles. The Morgan fingerprint density at radius 2 is 2.56 bits per heavy atom. The average molecular weight is 126 g/mol. The molecule has 1 rings (SSSR count). The van der Waals surface area contributed by atoms with Gasteiger partial charge < -0.3 is 0 Å². The third-order valence-corrected chi connectivity index (χ3v) is 0.858.